The minimum Gasteiger partial charge on any atom is -0.494 e. The van der Waals surface area contributed by atoms with Gasteiger partial charge in [0.2, 0.25) is 11.9 Å². The van der Waals surface area contributed by atoms with Crippen molar-refractivity contribution in [1.29, 1.82) is 0 Å². The lowest BCUT2D eigenvalue weighted by atomic mass is 10.2. The highest BCUT2D eigenvalue weighted by molar-refractivity contribution is 7.98. The topological polar surface area (TPSA) is 92.8 Å². The Hall–Kier alpha value is -3.39. The molecular formula is C23H23N5O2S. The van der Waals surface area contributed by atoms with Crippen LogP contribution in [0.4, 0.5) is 11.9 Å². The molecule has 0 atom stereocenters. The summed E-state index contributed by atoms with van der Waals surface area (Å²) in [6.07, 6.45) is 0. The van der Waals surface area contributed by atoms with Gasteiger partial charge in [0.15, 0.2) is 0 Å². The Balaban J connectivity index is 1.54. The fraction of sp³-hybridized carbons (Fsp3) is 0.217. The molecule has 7 nitrogen and oxygen atoms in total. The quantitative estimate of drug-likeness (QED) is 0.406. The average molecular weight is 434 g/mol. The summed E-state index contributed by atoms with van der Waals surface area (Å²) in [4.78, 5) is 29.6. The fourth-order valence-corrected chi connectivity index (χ4v) is 3.90. The number of aryl methyl sites for hydroxylation is 2. The number of nitrogens with one attached hydrogen (secondary N) is 2. The molecule has 2 N–H and O–H groups in total. The second-order valence-electron chi connectivity index (χ2n) is 7.06. The van der Waals surface area contributed by atoms with Crippen LogP contribution in [-0.2, 0) is 5.75 Å². The maximum absolute atomic E-state index is 12.1. The zero-order valence-corrected chi connectivity index (χ0v) is 18.4. The largest absolute Gasteiger partial charge is 0.494 e. The van der Waals surface area contributed by atoms with Crippen molar-refractivity contribution >= 4 is 34.6 Å². The van der Waals surface area contributed by atoms with E-state index >= 15 is 0 Å². The van der Waals surface area contributed by atoms with Gasteiger partial charge in [-0.15, -0.1) is 11.8 Å². The number of hydrogen-bond donors (Lipinski definition) is 2. The van der Waals surface area contributed by atoms with E-state index in [2.05, 4.69) is 56.4 Å². The summed E-state index contributed by atoms with van der Waals surface area (Å²) in [5.74, 6) is 2.06. The van der Waals surface area contributed by atoms with Gasteiger partial charge in [0.25, 0.3) is 5.56 Å². The number of nitrogens with zero attached hydrogens (tertiary/aromatic N) is 3. The second kappa shape index (κ2) is 9.18. The molecule has 0 radical (unpaired) electrons. The molecule has 0 aliphatic rings. The van der Waals surface area contributed by atoms with E-state index in [0.29, 0.717) is 30.0 Å². The number of anilines is 2. The lowest BCUT2D eigenvalue weighted by Gasteiger charge is -2.10. The van der Waals surface area contributed by atoms with Crippen molar-refractivity contribution in [2.24, 2.45) is 0 Å². The van der Waals surface area contributed by atoms with Crippen molar-refractivity contribution < 1.29 is 4.74 Å². The van der Waals surface area contributed by atoms with Crippen LogP contribution in [0.15, 0.2) is 58.2 Å². The summed E-state index contributed by atoms with van der Waals surface area (Å²) in [5, 5.41) is 3.95. The molecule has 2 heterocycles. The van der Waals surface area contributed by atoms with Gasteiger partial charge in [-0.25, -0.2) is 15.0 Å². The number of ether oxygens (including phenoxy) is 1. The summed E-state index contributed by atoms with van der Waals surface area (Å²) >= 11 is 1.63. The molecule has 0 saturated heterocycles. The molecule has 4 rings (SSSR count). The van der Waals surface area contributed by atoms with Crippen molar-refractivity contribution in [1.82, 2.24) is 19.9 Å². The van der Waals surface area contributed by atoms with Crippen LogP contribution in [0.3, 0.4) is 0 Å². The van der Waals surface area contributed by atoms with Crippen molar-refractivity contribution in [2.45, 2.75) is 31.4 Å². The molecule has 0 saturated carbocycles. The van der Waals surface area contributed by atoms with E-state index in [1.807, 2.05) is 32.0 Å². The zero-order valence-electron chi connectivity index (χ0n) is 17.6. The molecule has 0 spiro atoms. The summed E-state index contributed by atoms with van der Waals surface area (Å²) in [5.41, 5.74) is 3.26. The Morgan fingerprint density at radius 2 is 1.84 bits per heavy atom. The summed E-state index contributed by atoms with van der Waals surface area (Å²) < 4.78 is 5.56. The molecule has 31 heavy (non-hydrogen) atoms. The first-order valence-corrected chi connectivity index (χ1v) is 11.0. The first-order valence-electron chi connectivity index (χ1n) is 9.98. The van der Waals surface area contributed by atoms with E-state index in [1.165, 1.54) is 11.6 Å². The van der Waals surface area contributed by atoms with Crippen molar-refractivity contribution in [3.63, 3.8) is 0 Å². The third kappa shape index (κ3) is 5.21. The van der Waals surface area contributed by atoms with Gasteiger partial charge in [-0.1, -0.05) is 17.7 Å². The molecule has 0 fully saturated rings. The van der Waals surface area contributed by atoms with Crippen molar-refractivity contribution in [2.75, 3.05) is 11.9 Å². The van der Waals surface area contributed by atoms with Crippen LogP contribution in [0.5, 0.6) is 5.75 Å². The number of fused-ring (bicyclic) bond motifs is 1. The zero-order chi connectivity index (χ0) is 21.8. The highest BCUT2D eigenvalue weighted by Crippen LogP contribution is 2.24. The van der Waals surface area contributed by atoms with Gasteiger partial charge in [-0.2, -0.15) is 0 Å². The van der Waals surface area contributed by atoms with E-state index in [4.69, 9.17) is 4.74 Å². The molecule has 2 aromatic heterocycles. The minimum atomic E-state index is -0.226. The van der Waals surface area contributed by atoms with E-state index in [0.717, 1.165) is 27.2 Å². The number of aromatic nitrogens is 4. The molecule has 0 amide bonds. The predicted octanol–water partition coefficient (Wildman–Crippen LogP) is 4.76. The third-order valence-corrected chi connectivity index (χ3v) is 5.65. The van der Waals surface area contributed by atoms with Crippen LogP contribution in [0.1, 0.15) is 23.9 Å². The number of H-pyrrole nitrogens is 1. The molecule has 158 valence electrons. The Morgan fingerprint density at radius 1 is 1.03 bits per heavy atom. The molecule has 0 aliphatic carbocycles. The number of benzene rings is 2. The molecule has 0 aliphatic heterocycles. The lowest BCUT2D eigenvalue weighted by molar-refractivity contribution is 0.340. The van der Waals surface area contributed by atoms with E-state index in [1.54, 1.807) is 11.8 Å². The summed E-state index contributed by atoms with van der Waals surface area (Å²) in [7, 11) is 0. The van der Waals surface area contributed by atoms with Gasteiger partial charge in [-0.3, -0.25) is 15.1 Å². The van der Waals surface area contributed by atoms with Gasteiger partial charge >= 0.3 is 0 Å². The maximum atomic E-state index is 12.1. The summed E-state index contributed by atoms with van der Waals surface area (Å²) in [6.45, 7) is 6.51. The van der Waals surface area contributed by atoms with E-state index in [-0.39, 0.29) is 5.56 Å². The molecule has 8 heteroatoms. The van der Waals surface area contributed by atoms with E-state index < -0.39 is 0 Å². The Labute approximate surface area is 184 Å². The van der Waals surface area contributed by atoms with Gasteiger partial charge in [0.1, 0.15) is 5.75 Å². The van der Waals surface area contributed by atoms with Crippen LogP contribution in [0.2, 0.25) is 0 Å². The van der Waals surface area contributed by atoms with Crippen LogP contribution in [0, 0.1) is 13.8 Å². The predicted molar refractivity (Wildman–Crippen MR) is 124 cm³/mol. The molecular weight excluding hydrogens is 410 g/mol. The Kier molecular flexibility index (Phi) is 6.18. The highest BCUT2D eigenvalue weighted by Gasteiger charge is 2.09. The molecule has 0 bridgehead atoms. The molecule has 0 unspecified atom stereocenters. The van der Waals surface area contributed by atoms with Gasteiger partial charge < -0.3 is 4.74 Å². The normalized spacial score (nSPS) is 10.9. The number of thioether (sulfide) groups is 1. The SMILES string of the molecule is CCOc1ccc2nc(Nc3nc(CSc4ccc(C)cc4)cc(=O)[nH]3)nc(C)c2c1. The van der Waals surface area contributed by atoms with Gasteiger partial charge in [-0.05, 0) is 51.1 Å². The Bertz CT molecular complexity index is 1270. The van der Waals surface area contributed by atoms with Crippen LogP contribution >= 0.6 is 11.8 Å². The van der Waals surface area contributed by atoms with Crippen molar-refractivity contribution in [3.8, 4) is 5.75 Å². The number of aromatic amines is 1. The number of hydrogen-bond acceptors (Lipinski definition) is 7. The fourth-order valence-electron chi connectivity index (χ4n) is 3.11. The van der Waals surface area contributed by atoms with E-state index in [9.17, 15) is 4.79 Å². The average Bonchev–Trinajstić information content (AvgIpc) is 2.74. The summed E-state index contributed by atoms with van der Waals surface area (Å²) in [6, 6.07) is 15.5. The second-order valence-corrected chi connectivity index (χ2v) is 8.11. The smallest absolute Gasteiger partial charge is 0.252 e. The third-order valence-electron chi connectivity index (χ3n) is 4.60. The maximum Gasteiger partial charge on any atom is 0.252 e. The number of rotatable bonds is 7. The van der Waals surface area contributed by atoms with Crippen molar-refractivity contribution in [3.05, 3.63) is 75.8 Å². The first kappa shape index (κ1) is 20.9. The highest BCUT2D eigenvalue weighted by atomic mass is 32.2. The first-order chi connectivity index (χ1) is 15.0. The van der Waals surface area contributed by atoms with Gasteiger partial charge in [0, 0.05) is 22.1 Å². The van der Waals surface area contributed by atoms with Crippen LogP contribution in [0.25, 0.3) is 10.9 Å². The van der Waals surface area contributed by atoms with Crippen LogP contribution < -0.4 is 15.6 Å². The van der Waals surface area contributed by atoms with Crippen LogP contribution in [-0.4, -0.2) is 26.5 Å². The van der Waals surface area contributed by atoms with Gasteiger partial charge in [0.05, 0.1) is 23.5 Å². The molecule has 4 aromatic rings. The minimum absolute atomic E-state index is 0.226. The lowest BCUT2D eigenvalue weighted by Crippen LogP contribution is -2.13. The standard InChI is InChI=1S/C23H23N5O2S/c1-4-30-17-7-10-20-19(12-17)15(3)24-22(26-20)28-23-25-16(11-21(29)27-23)13-31-18-8-5-14(2)6-9-18/h5-12H,4,13H2,1-3H3,(H2,24,25,26,27,28,29). The Morgan fingerprint density at radius 3 is 2.61 bits per heavy atom. The monoisotopic (exact) mass is 433 g/mol. The molecule has 2 aromatic carbocycles.